The quantitative estimate of drug-likeness (QED) is 0.839. The molecule has 0 saturated carbocycles. The van der Waals surface area contributed by atoms with Crippen LogP contribution in [0, 0.1) is 0 Å². The molecule has 1 aromatic heterocycles. The molecule has 5 heteroatoms. The lowest BCUT2D eigenvalue weighted by Gasteiger charge is -2.32. The first-order valence-corrected chi connectivity index (χ1v) is 8.94. The van der Waals surface area contributed by atoms with Gasteiger partial charge in [-0.1, -0.05) is 37.3 Å². The van der Waals surface area contributed by atoms with Crippen LogP contribution in [-0.4, -0.2) is 23.3 Å². The molecule has 2 aromatic rings. The Bertz CT molecular complexity index is 703. The maximum Gasteiger partial charge on any atom is 0.496 e. The summed E-state index contributed by atoms with van der Waals surface area (Å²) in [4.78, 5) is 4.38. The second-order valence-corrected chi connectivity index (χ2v) is 7.61. The minimum atomic E-state index is -0.393. The lowest BCUT2D eigenvalue weighted by atomic mass is 9.80. The van der Waals surface area contributed by atoms with Crippen molar-refractivity contribution in [1.29, 1.82) is 0 Å². The zero-order chi connectivity index (χ0) is 18.1. The fraction of sp³-hybridized carbons (Fsp3) is 0.450. The van der Waals surface area contributed by atoms with E-state index in [9.17, 15) is 0 Å². The monoisotopic (exact) mass is 338 g/mol. The highest BCUT2D eigenvalue weighted by Crippen LogP contribution is 2.36. The van der Waals surface area contributed by atoms with Gasteiger partial charge in [-0.25, -0.2) is 0 Å². The summed E-state index contributed by atoms with van der Waals surface area (Å²) >= 11 is 0. The summed E-state index contributed by atoms with van der Waals surface area (Å²) < 4.78 is 12.3. The van der Waals surface area contributed by atoms with Gasteiger partial charge in [0.2, 0.25) is 0 Å². The van der Waals surface area contributed by atoms with E-state index < -0.39 is 7.12 Å². The Kier molecular flexibility index (Phi) is 4.89. The van der Waals surface area contributed by atoms with Crippen molar-refractivity contribution < 1.29 is 9.31 Å². The average molecular weight is 338 g/mol. The van der Waals surface area contributed by atoms with Gasteiger partial charge in [0.15, 0.2) is 0 Å². The highest BCUT2D eigenvalue weighted by Gasteiger charge is 2.51. The molecule has 0 amide bonds. The van der Waals surface area contributed by atoms with Gasteiger partial charge in [-0.05, 0) is 45.7 Å². The number of rotatable bonds is 5. The minimum absolute atomic E-state index is 0.247. The van der Waals surface area contributed by atoms with Crippen molar-refractivity contribution in [2.75, 3.05) is 5.32 Å². The van der Waals surface area contributed by atoms with Crippen molar-refractivity contribution in [3.63, 3.8) is 0 Å². The van der Waals surface area contributed by atoms with Gasteiger partial charge >= 0.3 is 7.12 Å². The molecule has 1 aliphatic rings. The highest BCUT2D eigenvalue weighted by atomic mass is 16.7. The molecule has 0 aliphatic carbocycles. The van der Waals surface area contributed by atoms with Crippen LogP contribution in [0.5, 0.6) is 0 Å². The van der Waals surface area contributed by atoms with Crippen LogP contribution in [0.2, 0.25) is 0 Å². The molecular weight excluding hydrogens is 311 g/mol. The Labute approximate surface area is 151 Å². The van der Waals surface area contributed by atoms with Gasteiger partial charge in [0.1, 0.15) is 0 Å². The Morgan fingerprint density at radius 1 is 1.04 bits per heavy atom. The van der Waals surface area contributed by atoms with Gasteiger partial charge in [0, 0.05) is 17.9 Å². The van der Waals surface area contributed by atoms with E-state index in [4.69, 9.17) is 9.31 Å². The summed E-state index contributed by atoms with van der Waals surface area (Å²) in [5, 5.41) is 3.58. The number of pyridine rings is 1. The van der Waals surface area contributed by atoms with Crippen LogP contribution in [0.4, 0.5) is 5.69 Å². The van der Waals surface area contributed by atoms with Gasteiger partial charge in [-0.15, -0.1) is 0 Å². The molecule has 0 spiro atoms. The molecule has 2 heterocycles. The van der Waals surface area contributed by atoms with E-state index in [1.165, 1.54) is 5.56 Å². The number of anilines is 1. The third kappa shape index (κ3) is 3.72. The normalized spacial score (nSPS) is 19.6. The zero-order valence-electron chi connectivity index (χ0n) is 15.7. The van der Waals surface area contributed by atoms with Crippen LogP contribution in [0.1, 0.15) is 52.6 Å². The van der Waals surface area contributed by atoms with E-state index in [1.807, 2.05) is 18.5 Å². The molecule has 1 N–H and O–H groups in total. The summed E-state index contributed by atoms with van der Waals surface area (Å²) in [5.41, 5.74) is 2.48. The molecule has 132 valence electrons. The molecule has 1 atom stereocenters. The van der Waals surface area contributed by atoms with Crippen LogP contribution in [0.25, 0.3) is 0 Å². The summed E-state index contributed by atoms with van der Waals surface area (Å²) in [6, 6.07) is 12.8. The maximum absolute atomic E-state index is 6.13. The van der Waals surface area contributed by atoms with Gasteiger partial charge < -0.3 is 14.6 Å². The van der Waals surface area contributed by atoms with Gasteiger partial charge in [-0.2, -0.15) is 0 Å². The van der Waals surface area contributed by atoms with Crippen LogP contribution in [0.3, 0.4) is 0 Å². The maximum atomic E-state index is 6.13. The topological polar surface area (TPSA) is 43.4 Å². The Balaban J connectivity index is 1.78. The molecule has 0 bridgehead atoms. The number of nitrogens with one attached hydrogen (secondary N) is 1. The molecule has 1 aliphatic heterocycles. The first kappa shape index (κ1) is 18.0. The van der Waals surface area contributed by atoms with Crippen molar-refractivity contribution >= 4 is 18.3 Å². The first-order chi connectivity index (χ1) is 11.8. The second-order valence-electron chi connectivity index (χ2n) is 7.61. The fourth-order valence-corrected chi connectivity index (χ4v) is 2.95. The minimum Gasteiger partial charge on any atom is -0.399 e. The molecular formula is C20H27BN2O2. The first-order valence-electron chi connectivity index (χ1n) is 8.94. The smallest absolute Gasteiger partial charge is 0.399 e. The Hall–Kier alpha value is -1.85. The van der Waals surface area contributed by atoms with E-state index in [0.717, 1.165) is 17.6 Å². The molecule has 0 unspecified atom stereocenters. The number of hydrogen-bond donors (Lipinski definition) is 1. The third-order valence-corrected chi connectivity index (χ3v) is 5.24. The second kappa shape index (κ2) is 6.81. The van der Waals surface area contributed by atoms with E-state index in [1.54, 1.807) is 0 Å². The van der Waals surface area contributed by atoms with Crippen LogP contribution in [0.15, 0.2) is 48.8 Å². The van der Waals surface area contributed by atoms with Crippen LogP contribution >= 0.6 is 0 Å². The van der Waals surface area contributed by atoms with E-state index >= 15 is 0 Å². The van der Waals surface area contributed by atoms with E-state index in [2.05, 4.69) is 75.3 Å². The largest absolute Gasteiger partial charge is 0.496 e. The fourth-order valence-electron chi connectivity index (χ4n) is 2.95. The Morgan fingerprint density at radius 2 is 1.68 bits per heavy atom. The molecule has 3 rings (SSSR count). The highest BCUT2D eigenvalue weighted by molar-refractivity contribution is 6.62. The van der Waals surface area contributed by atoms with Crippen molar-refractivity contribution in [3.05, 3.63) is 54.4 Å². The standard InChI is InChI=1S/C20H27BN2O2/c1-6-18(15-10-8-7-9-11-15)23-17-12-16(13-22-14-17)21-24-19(2,3)20(4,5)25-21/h7-14,18,23H,6H2,1-5H3/t18-/m0/s1. The zero-order valence-corrected chi connectivity index (χ0v) is 15.7. The number of benzene rings is 1. The molecule has 25 heavy (non-hydrogen) atoms. The number of nitrogens with zero attached hydrogens (tertiary/aromatic N) is 1. The third-order valence-electron chi connectivity index (χ3n) is 5.24. The van der Waals surface area contributed by atoms with E-state index in [-0.39, 0.29) is 17.2 Å². The summed E-state index contributed by atoms with van der Waals surface area (Å²) in [7, 11) is -0.393. The lowest BCUT2D eigenvalue weighted by molar-refractivity contribution is 0.00578. The van der Waals surface area contributed by atoms with Crippen molar-refractivity contribution in [1.82, 2.24) is 4.98 Å². The molecule has 1 saturated heterocycles. The van der Waals surface area contributed by atoms with Gasteiger partial charge in [-0.3, -0.25) is 4.98 Å². The van der Waals surface area contributed by atoms with Crippen molar-refractivity contribution in [2.45, 2.75) is 58.3 Å². The van der Waals surface area contributed by atoms with Gasteiger partial charge in [0.25, 0.3) is 0 Å². The molecule has 1 aromatic carbocycles. The molecule has 0 radical (unpaired) electrons. The number of hydrogen-bond acceptors (Lipinski definition) is 4. The summed E-state index contributed by atoms with van der Waals surface area (Å²) in [6.07, 6.45) is 4.65. The number of aromatic nitrogens is 1. The molecule has 4 nitrogen and oxygen atoms in total. The summed E-state index contributed by atoms with van der Waals surface area (Å²) in [6.45, 7) is 10.4. The lowest BCUT2D eigenvalue weighted by Crippen LogP contribution is -2.41. The van der Waals surface area contributed by atoms with Crippen molar-refractivity contribution in [2.24, 2.45) is 0 Å². The predicted molar refractivity (Wildman–Crippen MR) is 103 cm³/mol. The van der Waals surface area contributed by atoms with Crippen LogP contribution < -0.4 is 10.8 Å². The summed E-state index contributed by atoms with van der Waals surface area (Å²) in [5.74, 6) is 0. The SMILES string of the molecule is CC[C@H](Nc1cncc(B2OC(C)(C)C(C)(C)O2)c1)c1ccccc1. The van der Waals surface area contributed by atoms with E-state index in [0.29, 0.717) is 0 Å². The molecule has 1 fully saturated rings. The average Bonchev–Trinajstić information content (AvgIpc) is 2.81. The van der Waals surface area contributed by atoms with Crippen molar-refractivity contribution in [3.8, 4) is 0 Å². The predicted octanol–water partition coefficient (Wildman–Crippen LogP) is 3.94. The Morgan fingerprint density at radius 3 is 2.28 bits per heavy atom. The van der Waals surface area contributed by atoms with Crippen LogP contribution in [-0.2, 0) is 9.31 Å². The van der Waals surface area contributed by atoms with Gasteiger partial charge in [0.05, 0.1) is 22.9 Å².